The molecule has 1 aliphatic heterocycles. The summed E-state index contributed by atoms with van der Waals surface area (Å²) < 4.78 is 4.99. The van der Waals surface area contributed by atoms with Gasteiger partial charge in [0.2, 0.25) is 0 Å². The van der Waals surface area contributed by atoms with Crippen LogP contribution in [-0.2, 0) is 0 Å². The summed E-state index contributed by atoms with van der Waals surface area (Å²) in [5, 5.41) is 17.1. The molecular weight excluding hydrogens is 286 g/mol. The summed E-state index contributed by atoms with van der Waals surface area (Å²) in [4.78, 5) is 22.6. The third-order valence-electron chi connectivity index (χ3n) is 4.04. The lowest BCUT2D eigenvalue weighted by Gasteiger charge is -2.29. The molecule has 2 unspecified atom stereocenters. The lowest BCUT2D eigenvalue weighted by Crippen LogP contribution is -2.44. The summed E-state index contributed by atoms with van der Waals surface area (Å²) in [6, 6.07) is 4.18. The van der Waals surface area contributed by atoms with Gasteiger partial charge in [-0.1, -0.05) is 0 Å². The van der Waals surface area contributed by atoms with Crippen molar-refractivity contribution in [2.24, 2.45) is 5.92 Å². The predicted octanol–water partition coefficient (Wildman–Crippen LogP) is 1.72. The first kappa shape index (κ1) is 16.2. The number of nitro benzene ring substituents is 1. The number of hydrogen-bond acceptors (Lipinski definition) is 5. The number of nitrogens with one attached hydrogen (secondary N) is 2. The highest BCUT2D eigenvalue weighted by Gasteiger charge is 2.23. The number of carbonyl (C=O) groups excluding carboxylic acids is 1. The molecule has 0 aromatic heterocycles. The molecule has 0 radical (unpaired) electrons. The molecule has 2 rings (SSSR count). The predicted molar refractivity (Wildman–Crippen MR) is 82.2 cm³/mol. The van der Waals surface area contributed by atoms with E-state index in [-0.39, 0.29) is 23.4 Å². The minimum atomic E-state index is -0.531. The Hall–Kier alpha value is -2.15. The van der Waals surface area contributed by atoms with Crippen LogP contribution in [0.2, 0.25) is 0 Å². The molecule has 1 heterocycles. The molecule has 120 valence electrons. The summed E-state index contributed by atoms with van der Waals surface area (Å²) in [5.41, 5.74) is 0.210. The van der Waals surface area contributed by atoms with E-state index in [1.807, 2.05) is 6.92 Å². The number of rotatable bonds is 5. The van der Waals surface area contributed by atoms with Gasteiger partial charge in [-0.2, -0.15) is 0 Å². The molecule has 1 fully saturated rings. The smallest absolute Gasteiger partial charge is 0.310 e. The van der Waals surface area contributed by atoms with Gasteiger partial charge in [0.1, 0.15) is 0 Å². The van der Waals surface area contributed by atoms with Crippen molar-refractivity contribution in [3.63, 3.8) is 0 Å². The zero-order valence-corrected chi connectivity index (χ0v) is 12.8. The van der Waals surface area contributed by atoms with Crippen LogP contribution in [0.4, 0.5) is 5.69 Å². The molecule has 22 heavy (non-hydrogen) atoms. The van der Waals surface area contributed by atoms with Crippen molar-refractivity contribution >= 4 is 11.6 Å². The standard InChI is InChI=1S/C15H21N3O4/c1-10(12-4-3-7-16-9-12)17-15(19)11-5-6-13(18(20)21)14(8-11)22-2/h5-6,8,10,12,16H,3-4,7,9H2,1-2H3,(H,17,19). The molecular formula is C15H21N3O4. The molecule has 1 aromatic carbocycles. The second-order valence-electron chi connectivity index (χ2n) is 5.51. The summed E-state index contributed by atoms with van der Waals surface area (Å²) >= 11 is 0. The van der Waals surface area contributed by atoms with Gasteiger partial charge in [0, 0.05) is 23.7 Å². The van der Waals surface area contributed by atoms with Crippen molar-refractivity contribution < 1.29 is 14.5 Å². The van der Waals surface area contributed by atoms with Crippen LogP contribution in [0, 0.1) is 16.0 Å². The highest BCUT2D eigenvalue weighted by Crippen LogP contribution is 2.27. The normalized spacial score (nSPS) is 19.3. The number of nitrogens with zero attached hydrogens (tertiary/aromatic N) is 1. The Morgan fingerprint density at radius 1 is 1.55 bits per heavy atom. The number of methoxy groups -OCH3 is 1. The highest BCUT2D eigenvalue weighted by molar-refractivity contribution is 5.95. The summed E-state index contributed by atoms with van der Waals surface area (Å²) in [6.45, 7) is 3.90. The van der Waals surface area contributed by atoms with Gasteiger partial charge in [0.25, 0.3) is 5.91 Å². The molecule has 0 spiro atoms. The fourth-order valence-electron chi connectivity index (χ4n) is 2.68. The molecule has 2 N–H and O–H groups in total. The van der Waals surface area contributed by atoms with Gasteiger partial charge >= 0.3 is 5.69 Å². The maximum Gasteiger partial charge on any atom is 0.310 e. The summed E-state index contributed by atoms with van der Waals surface area (Å²) in [7, 11) is 1.35. The number of carbonyl (C=O) groups is 1. The molecule has 0 saturated carbocycles. The second kappa shape index (κ2) is 7.22. The van der Waals surface area contributed by atoms with Crippen molar-refractivity contribution in [2.75, 3.05) is 20.2 Å². The van der Waals surface area contributed by atoms with E-state index in [1.165, 1.54) is 25.3 Å². The Morgan fingerprint density at radius 3 is 2.91 bits per heavy atom. The van der Waals surface area contributed by atoms with Gasteiger partial charge < -0.3 is 15.4 Å². The minimum Gasteiger partial charge on any atom is -0.490 e. The average Bonchev–Trinajstić information content (AvgIpc) is 2.54. The van der Waals surface area contributed by atoms with E-state index in [2.05, 4.69) is 10.6 Å². The Kier molecular flexibility index (Phi) is 5.32. The fraction of sp³-hybridized carbons (Fsp3) is 0.533. The Morgan fingerprint density at radius 2 is 2.32 bits per heavy atom. The Bertz CT molecular complexity index is 556. The van der Waals surface area contributed by atoms with Gasteiger partial charge in [-0.3, -0.25) is 14.9 Å². The second-order valence-corrected chi connectivity index (χ2v) is 5.51. The van der Waals surface area contributed by atoms with Crippen molar-refractivity contribution in [1.82, 2.24) is 10.6 Å². The van der Waals surface area contributed by atoms with Crippen LogP contribution in [0.3, 0.4) is 0 Å². The third kappa shape index (κ3) is 3.73. The van der Waals surface area contributed by atoms with E-state index in [4.69, 9.17) is 4.74 Å². The maximum atomic E-state index is 12.3. The van der Waals surface area contributed by atoms with E-state index in [0.717, 1.165) is 25.9 Å². The number of benzene rings is 1. The molecule has 0 aliphatic carbocycles. The monoisotopic (exact) mass is 307 g/mol. The van der Waals surface area contributed by atoms with Crippen LogP contribution < -0.4 is 15.4 Å². The van der Waals surface area contributed by atoms with Crippen molar-refractivity contribution in [2.45, 2.75) is 25.8 Å². The lowest BCUT2D eigenvalue weighted by molar-refractivity contribution is -0.385. The van der Waals surface area contributed by atoms with Crippen LogP contribution >= 0.6 is 0 Å². The number of nitro groups is 1. The first-order valence-corrected chi connectivity index (χ1v) is 7.37. The largest absolute Gasteiger partial charge is 0.490 e. The van der Waals surface area contributed by atoms with Crippen LogP contribution in [0.5, 0.6) is 5.75 Å². The minimum absolute atomic E-state index is 0.0430. The van der Waals surface area contributed by atoms with Crippen LogP contribution in [0.1, 0.15) is 30.1 Å². The molecule has 1 aromatic rings. The van der Waals surface area contributed by atoms with Crippen LogP contribution in [0.15, 0.2) is 18.2 Å². The number of piperidine rings is 1. The quantitative estimate of drug-likeness (QED) is 0.638. The lowest BCUT2D eigenvalue weighted by atomic mass is 9.92. The van der Waals surface area contributed by atoms with Gasteiger partial charge in [-0.05, 0) is 44.8 Å². The summed E-state index contributed by atoms with van der Waals surface area (Å²) in [6.07, 6.45) is 2.19. The molecule has 1 saturated heterocycles. The molecule has 0 bridgehead atoms. The summed E-state index contributed by atoms with van der Waals surface area (Å²) in [5.74, 6) is 0.244. The van der Waals surface area contributed by atoms with Gasteiger partial charge in [0.05, 0.1) is 12.0 Å². The molecule has 1 aliphatic rings. The molecule has 2 atom stereocenters. The van der Waals surface area contributed by atoms with Gasteiger partial charge in [-0.25, -0.2) is 0 Å². The fourth-order valence-corrected chi connectivity index (χ4v) is 2.68. The van der Waals surface area contributed by atoms with E-state index >= 15 is 0 Å². The topological polar surface area (TPSA) is 93.5 Å². The average molecular weight is 307 g/mol. The maximum absolute atomic E-state index is 12.3. The highest BCUT2D eigenvalue weighted by atomic mass is 16.6. The van der Waals surface area contributed by atoms with E-state index in [9.17, 15) is 14.9 Å². The molecule has 1 amide bonds. The van der Waals surface area contributed by atoms with Crippen molar-refractivity contribution in [1.29, 1.82) is 0 Å². The first-order chi connectivity index (χ1) is 10.5. The third-order valence-corrected chi connectivity index (χ3v) is 4.04. The van der Waals surface area contributed by atoms with E-state index < -0.39 is 4.92 Å². The van der Waals surface area contributed by atoms with E-state index in [0.29, 0.717) is 11.5 Å². The van der Waals surface area contributed by atoms with Crippen LogP contribution in [-0.4, -0.2) is 37.1 Å². The van der Waals surface area contributed by atoms with Gasteiger partial charge in [-0.15, -0.1) is 0 Å². The zero-order valence-electron chi connectivity index (χ0n) is 12.8. The Balaban J connectivity index is 2.07. The Labute approximate surface area is 129 Å². The zero-order chi connectivity index (χ0) is 16.1. The van der Waals surface area contributed by atoms with E-state index in [1.54, 1.807) is 0 Å². The van der Waals surface area contributed by atoms with Gasteiger partial charge in [0.15, 0.2) is 5.75 Å². The molecule has 7 nitrogen and oxygen atoms in total. The first-order valence-electron chi connectivity index (χ1n) is 7.37. The van der Waals surface area contributed by atoms with Crippen molar-refractivity contribution in [3.8, 4) is 5.75 Å². The van der Waals surface area contributed by atoms with Crippen molar-refractivity contribution in [3.05, 3.63) is 33.9 Å². The number of hydrogen-bond donors (Lipinski definition) is 2. The number of ether oxygens (including phenoxy) is 1. The number of amides is 1. The molecule has 7 heteroatoms. The SMILES string of the molecule is COc1cc(C(=O)NC(C)C2CCCNC2)ccc1[N+](=O)[O-]. The van der Waals surface area contributed by atoms with Crippen LogP contribution in [0.25, 0.3) is 0 Å².